The zero-order valence-electron chi connectivity index (χ0n) is 8.87. The summed E-state index contributed by atoms with van der Waals surface area (Å²) in [6.07, 6.45) is 11.5. The predicted molar refractivity (Wildman–Crippen MR) is 57.4 cm³/mol. The number of aliphatic imine (C=N–C) groups is 1. The third-order valence-corrected chi connectivity index (χ3v) is 2.76. The molecule has 1 unspecified atom stereocenters. The second-order valence-corrected chi connectivity index (χ2v) is 3.77. The number of hydrogen-bond donors (Lipinski definition) is 0. The van der Waals surface area contributed by atoms with E-state index in [1.807, 2.05) is 6.20 Å². The van der Waals surface area contributed by atoms with Crippen molar-refractivity contribution in [3.8, 4) is 0 Å². The molecule has 0 saturated heterocycles. The van der Waals surface area contributed by atoms with E-state index in [0.29, 0.717) is 0 Å². The van der Waals surface area contributed by atoms with Crippen molar-refractivity contribution in [3.63, 3.8) is 0 Å². The van der Waals surface area contributed by atoms with Crippen LogP contribution in [0.4, 0.5) is 0 Å². The molecule has 1 rings (SSSR count). The third-order valence-electron chi connectivity index (χ3n) is 2.76. The third kappa shape index (κ3) is 2.96. The van der Waals surface area contributed by atoms with Gasteiger partial charge in [-0.05, 0) is 19.8 Å². The Bertz CT molecular complexity index is 182. The number of rotatable bonds is 6. The van der Waals surface area contributed by atoms with E-state index >= 15 is 0 Å². The zero-order valence-corrected chi connectivity index (χ0v) is 8.87. The van der Waals surface area contributed by atoms with Crippen molar-refractivity contribution in [1.29, 1.82) is 0 Å². The molecule has 0 radical (unpaired) electrons. The molecule has 1 aliphatic heterocycles. The van der Waals surface area contributed by atoms with Gasteiger partial charge < -0.3 is 0 Å². The Hall–Kier alpha value is -0.630. The van der Waals surface area contributed by atoms with Gasteiger partial charge in [0.2, 0.25) is 0 Å². The van der Waals surface area contributed by atoms with Gasteiger partial charge in [0.05, 0.1) is 19.3 Å². The Morgan fingerprint density at radius 1 is 1.15 bits per heavy atom. The number of hydrogen-bond acceptors (Lipinski definition) is 1. The van der Waals surface area contributed by atoms with Crippen LogP contribution in [0.2, 0.25) is 0 Å². The van der Waals surface area contributed by atoms with Gasteiger partial charge >= 0.3 is 0 Å². The number of nitrogens with zero attached hydrogens (tertiary/aromatic N) is 2. The molecule has 0 aliphatic carbocycles. The molecule has 0 N–H and O–H groups in total. The average molecular weight is 181 g/mol. The van der Waals surface area contributed by atoms with E-state index in [1.165, 1.54) is 32.2 Å². The standard InChI is InChI=1S/C11H21N2/c1-3-5-6-7-9-13(4-2)10-8-12-11-13/h8,10-11H,3-7,9H2,1-2H3/q+1. The van der Waals surface area contributed by atoms with Gasteiger partial charge in [-0.25, -0.2) is 4.99 Å². The van der Waals surface area contributed by atoms with Gasteiger partial charge in [-0.2, -0.15) is 0 Å². The molecule has 0 spiro atoms. The minimum atomic E-state index is 0.962. The molecule has 0 aromatic rings. The summed E-state index contributed by atoms with van der Waals surface area (Å²) in [6, 6.07) is 0. The first-order valence-corrected chi connectivity index (χ1v) is 5.41. The summed E-state index contributed by atoms with van der Waals surface area (Å²) in [5.74, 6) is 0. The van der Waals surface area contributed by atoms with Crippen molar-refractivity contribution in [1.82, 2.24) is 0 Å². The Morgan fingerprint density at radius 3 is 2.54 bits per heavy atom. The van der Waals surface area contributed by atoms with Crippen LogP contribution in [0.25, 0.3) is 0 Å². The Kier molecular flexibility index (Phi) is 4.16. The maximum absolute atomic E-state index is 4.17. The van der Waals surface area contributed by atoms with Crippen molar-refractivity contribution in [3.05, 3.63) is 12.4 Å². The first-order valence-electron chi connectivity index (χ1n) is 5.41. The van der Waals surface area contributed by atoms with Crippen LogP contribution in [-0.2, 0) is 0 Å². The summed E-state index contributed by atoms with van der Waals surface area (Å²) in [4.78, 5) is 4.17. The van der Waals surface area contributed by atoms with E-state index in [0.717, 1.165) is 11.0 Å². The highest BCUT2D eigenvalue weighted by Crippen LogP contribution is 2.13. The monoisotopic (exact) mass is 181 g/mol. The summed E-state index contributed by atoms with van der Waals surface area (Å²) in [7, 11) is 0. The first-order chi connectivity index (χ1) is 6.33. The SMILES string of the molecule is CCCCCC[N+]1(CC)C=CN=C1. The second-order valence-electron chi connectivity index (χ2n) is 3.77. The van der Waals surface area contributed by atoms with Crippen LogP contribution in [0.1, 0.15) is 39.5 Å². The minimum Gasteiger partial charge on any atom is -0.254 e. The topological polar surface area (TPSA) is 12.4 Å². The van der Waals surface area contributed by atoms with Crippen LogP contribution >= 0.6 is 0 Å². The lowest BCUT2D eigenvalue weighted by molar-refractivity contribution is -0.777. The molecule has 2 nitrogen and oxygen atoms in total. The summed E-state index contributed by atoms with van der Waals surface area (Å²) < 4.78 is 0.962. The van der Waals surface area contributed by atoms with E-state index in [4.69, 9.17) is 0 Å². The van der Waals surface area contributed by atoms with Gasteiger partial charge in [0, 0.05) is 0 Å². The van der Waals surface area contributed by atoms with Gasteiger partial charge in [0.15, 0.2) is 6.34 Å². The lowest BCUT2D eigenvalue weighted by atomic mass is 10.2. The van der Waals surface area contributed by atoms with Crippen LogP contribution in [0.5, 0.6) is 0 Å². The highest BCUT2D eigenvalue weighted by molar-refractivity contribution is 5.50. The first kappa shape index (κ1) is 10.5. The molecule has 0 fully saturated rings. The predicted octanol–water partition coefficient (Wildman–Crippen LogP) is 2.92. The van der Waals surface area contributed by atoms with E-state index in [2.05, 4.69) is 31.4 Å². The molecule has 1 atom stereocenters. The second kappa shape index (κ2) is 5.18. The Balaban J connectivity index is 2.25. The summed E-state index contributed by atoms with van der Waals surface area (Å²) in [5.41, 5.74) is 0. The highest BCUT2D eigenvalue weighted by Gasteiger charge is 2.22. The van der Waals surface area contributed by atoms with Crippen molar-refractivity contribution in [2.75, 3.05) is 13.1 Å². The normalized spacial score (nSPS) is 25.7. The molecule has 2 heteroatoms. The van der Waals surface area contributed by atoms with Crippen molar-refractivity contribution in [2.24, 2.45) is 4.99 Å². The van der Waals surface area contributed by atoms with Crippen molar-refractivity contribution < 1.29 is 4.48 Å². The lowest BCUT2D eigenvalue weighted by Gasteiger charge is -2.25. The Morgan fingerprint density at radius 2 is 2.00 bits per heavy atom. The van der Waals surface area contributed by atoms with E-state index in [1.54, 1.807) is 0 Å². The quantitative estimate of drug-likeness (QED) is 0.441. The Labute approximate surface area is 81.6 Å². The van der Waals surface area contributed by atoms with Gasteiger partial charge in [-0.1, -0.05) is 19.8 Å². The molecule has 1 heterocycles. The molecule has 0 aromatic carbocycles. The highest BCUT2D eigenvalue weighted by atomic mass is 15.4. The minimum absolute atomic E-state index is 0.962. The lowest BCUT2D eigenvalue weighted by Crippen LogP contribution is -2.40. The van der Waals surface area contributed by atoms with Crippen LogP contribution in [0.3, 0.4) is 0 Å². The number of quaternary nitrogens is 1. The molecule has 13 heavy (non-hydrogen) atoms. The van der Waals surface area contributed by atoms with Crippen LogP contribution < -0.4 is 0 Å². The summed E-state index contributed by atoms with van der Waals surface area (Å²) in [6.45, 7) is 6.82. The van der Waals surface area contributed by atoms with Crippen molar-refractivity contribution in [2.45, 2.75) is 39.5 Å². The maximum Gasteiger partial charge on any atom is 0.194 e. The smallest absolute Gasteiger partial charge is 0.194 e. The average Bonchev–Trinajstić information content (AvgIpc) is 2.62. The fourth-order valence-corrected chi connectivity index (χ4v) is 1.69. The molecule has 0 amide bonds. The van der Waals surface area contributed by atoms with E-state index in [-0.39, 0.29) is 0 Å². The molecule has 0 bridgehead atoms. The zero-order chi connectivity index (χ0) is 9.57. The molecule has 1 aliphatic rings. The largest absolute Gasteiger partial charge is 0.254 e. The molecular formula is C11H21N2+. The number of unbranched alkanes of at least 4 members (excludes halogenated alkanes) is 3. The van der Waals surface area contributed by atoms with Gasteiger partial charge in [-0.3, -0.25) is 4.48 Å². The van der Waals surface area contributed by atoms with Crippen LogP contribution in [0.15, 0.2) is 17.4 Å². The van der Waals surface area contributed by atoms with Gasteiger partial charge in [0.25, 0.3) is 0 Å². The van der Waals surface area contributed by atoms with Crippen LogP contribution in [-0.4, -0.2) is 23.9 Å². The summed E-state index contributed by atoms with van der Waals surface area (Å²) >= 11 is 0. The van der Waals surface area contributed by atoms with Crippen LogP contribution in [0, 0.1) is 0 Å². The molecule has 0 aromatic heterocycles. The van der Waals surface area contributed by atoms with E-state index < -0.39 is 0 Å². The van der Waals surface area contributed by atoms with E-state index in [9.17, 15) is 0 Å². The van der Waals surface area contributed by atoms with Gasteiger partial charge in [-0.15, -0.1) is 0 Å². The fraction of sp³-hybridized carbons (Fsp3) is 0.727. The van der Waals surface area contributed by atoms with Gasteiger partial charge in [0.1, 0.15) is 6.20 Å². The molecular weight excluding hydrogens is 160 g/mol. The van der Waals surface area contributed by atoms with Crippen molar-refractivity contribution >= 4 is 6.34 Å². The fourth-order valence-electron chi connectivity index (χ4n) is 1.69. The summed E-state index contributed by atoms with van der Waals surface area (Å²) in [5, 5.41) is 0. The molecule has 74 valence electrons. The molecule has 0 saturated carbocycles. The maximum atomic E-state index is 4.17.